The molecule has 0 unspecified atom stereocenters. The lowest BCUT2D eigenvalue weighted by molar-refractivity contribution is 0.545. The van der Waals surface area contributed by atoms with Crippen molar-refractivity contribution in [2.75, 3.05) is 0 Å². The third-order valence-electron chi connectivity index (χ3n) is 2.01. The largest absolute Gasteiger partial charge is 0.341 e. The van der Waals surface area contributed by atoms with E-state index in [9.17, 15) is 4.39 Å². The Morgan fingerprint density at radius 3 is 3.07 bits per heavy atom. The molecule has 0 atom stereocenters. The lowest BCUT2D eigenvalue weighted by Gasteiger charge is -1.97. The Kier molecular flexibility index (Phi) is 1.75. The van der Waals surface area contributed by atoms with E-state index in [1.807, 2.05) is 17.5 Å². The highest BCUT2D eigenvalue weighted by atomic mass is 32.1. The quantitative estimate of drug-likeness (QED) is 0.640. The molecule has 0 fully saturated rings. The number of hydrogen-bond donors (Lipinski definition) is 1. The second-order valence-electron chi connectivity index (χ2n) is 2.92. The molecule has 0 bridgehead atoms. The van der Waals surface area contributed by atoms with Crippen LogP contribution in [0.4, 0.5) is 4.39 Å². The molecule has 0 saturated heterocycles. The number of thiophene rings is 1. The molecule has 0 amide bonds. The zero-order valence-corrected chi connectivity index (χ0v) is 8.25. The first kappa shape index (κ1) is 8.49. The summed E-state index contributed by atoms with van der Waals surface area (Å²) in [6, 6.07) is 3.77. The van der Waals surface area contributed by atoms with Crippen molar-refractivity contribution in [3.05, 3.63) is 29.9 Å². The summed E-state index contributed by atoms with van der Waals surface area (Å²) >= 11 is 1.50. The van der Waals surface area contributed by atoms with E-state index >= 15 is 0 Å². The van der Waals surface area contributed by atoms with Gasteiger partial charge < -0.3 is 4.98 Å². The van der Waals surface area contributed by atoms with Crippen molar-refractivity contribution in [3.63, 3.8) is 0 Å². The number of imidazole rings is 1. The molecule has 0 saturated carbocycles. The van der Waals surface area contributed by atoms with Gasteiger partial charge in [-0.3, -0.25) is 0 Å². The number of H-pyrrole nitrogens is 1. The number of fused-ring (bicyclic) bond motifs is 1. The van der Waals surface area contributed by atoms with E-state index in [0.717, 1.165) is 4.88 Å². The van der Waals surface area contributed by atoms with Crippen LogP contribution in [0.2, 0.25) is 0 Å². The summed E-state index contributed by atoms with van der Waals surface area (Å²) in [7, 11) is 0. The van der Waals surface area contributed by atoms with Crippen molar-refractivity contribution < 1.29 is 4.39 Å². The Hall–Kier alpha value is -1.82. The van der Waals surface area contributed by atoms with Crippen LogP contribution in [0.3, 0.4) is 0 Å². The van der Waals surface area contributed by atoms with Gasteiger partial charge in [-0.2, -0.15) is 14.4 Å². The van der Waals surface area contributed by atoms with E-state index in [-0.39, 0.29) is 0 Å². The number of nitrogens with zero attached hydrogens (tertiary/aromatic N) is 3. The number of aromatic amines is 1. The number of halogens is 1. The molecule has 3 rings (SSSR count). The van der Waals surface area contributed by atoms with Gasteiger partial charge in [0.15, 0.2) is 5.65 Å². The van der Waals surface area contributed by atoms with Crippen molar-refractivity contribution in [2.24, 2.45) is 0 Å². The summed E-state index contributed by atoms with van der Waals surface area (Å²) < 4.78 is 13.1. The van der Waals surface area contributed by atoms with Gasteiger partial charge in [0.1, 0.15) is 11.2 Å². The number of nitrogens with one attached hydrogen (secondary N) is 1. The number of aromatic nitrogens is 4. The summed E-state index contributed by atoms with van der Waals surface area (Å²) in [6.45, 7) is 0. The Balaban J connectivity index is 2.38. The van der Waals surface area contributed by atoms with Gasteiger partial charge in [-0.15, -0.1) is 11.3 Å². The fourth-order valence-corrected chi connectivity index (χ4v) is 2.12. The van der Waals surface area contributed by atoms with E-state index < -0.39 is 6.08 Å². The summed E-state index contributed by atoms with van der Waals surface area (Å²) in [4.78, 5) is 15.1. The normalized spacial score (nSPS) is 11.0. The molecule has 0 spiro atoms. The van der Waals surface area contributed by atoms with Gasteiger partial charge in [0.05, 0.1) is 11.2 Å². The van der Waals surface area contributed by atoms with Crippen LogP contribution in [0.15, 0.2) is 23.8 Å². The molecule has 0 radical (unpaired) electrons. The average Bonchev–Trinajstić information content (AvgIpc) is 2.86. The van der Waals surface area contributed by atoms with Crippen LogP contribution >= 0.6 is 11.3 Å². The van der Waals surface area contributed by atoms with Crippen molar-refractivity contribution in [1.82, 2.24) is 19.9 Å². The molecule has 6 heteroatoms. The molecule has 15 heavy (non-hydrogen) atoms. The fourth-order valence-electron chi connectivity index (χ4n) is 1.40. The summed E-state index contributed by atoms with van der Waals surface area (Å²) in [5.41, 5.74) is 1.58. The number of rotatable bonds is 1. The topological polar surface area (TPSA) is 54.5 Å². The van der Waals surface area contributed by atoms with E-state index in [2.05, 4.69) is 19.9 Å². The maximum Gasteiger partial charge on any atom is 0.311 e. The molecule has 4 nitrogen and oxygen atoms in total. The first-order chi connectivity index (χ1) is 7.34. The predicted molar refractivity (Wildman–Crippen MR) is 55.0 cm³/mol. The van der Waals surface area contributed by atoms with Gasteiger partial charge in [0.25, 0.3) is 0 Å². The van der Waals surface area contributed by atoms with Gasteiger partial charge in [-0.05, 0) is 11.4 Å². The van der Waals surface area contributed by atoms with Crippen LogP contribution in [-0.4, -0.2) is 19.9 Å². The highest BCUT2D eigenvalue weighted by molar-refractivity contribution is 7.13. The van der Waals surface area contributed by atoms with Crippen molar-refractivity contribution in [1.29, 1.82) is 0 Å². The maximum atomic E-state index is 13.1. The SMILES string of the molecule is Fc1nc(-c2cccs2)c2[nH]cnc2n1. The molecular formula is C9H5FN4S. The minimum absolute atomic E-state index is 0.353. The standard InChI is InChI=1S/C9H5FN4S/c10-9-13-6(5-2-1-3-15-5)7-8(14-9)12-4-11-7/h1-4H,(H,11,12,13,14). The molecule has 0 aliphatic carbocycles. The van der Waals surface area contributed by atoms with Gasteiger partial charge >= 0.3 is 6.08 Å². The molecule has 3 heterocycles. The summed E-state index contributed by atoms with van der Waals surface area (Å²) in [5.74, 6) is 0. The zero-order chi connectivity index (χ0) is 10.3. The van der Waals surface area contributed by atoms with Crippen LogP contribution in [0.1, 0.15) is 0 Å². The molecule has 0 aliphatic heterocycles. The van der Waals surface area contributed by atoms with Crippen LogP contribution in [0.25, 0.3) is 21.7 Å². The minimum Gasteiger partial charge on any atom is -0.341 e. The van der Waals surface area contributed by atoms with Gasteiger partial charge in [-0.25, -0.2) is 4.98 Å². The lowest BCUT2D eigenvalue weighted by Crippen LogP contribution is -1.93. The van der Waals surface area contributed by atoms with E-state index in [1.165, 1.54) is 17.7 Å². The Labute approximate surface area is 87.8 Å². The second kappa shape index (κ2) is 3.09. The first-order valence-electron chi connectivity index (χ1n) is 4.25. The van der Waals surface area contributed by atoms with Gasteiger partial charge in [0, 0.05) is 0 Å². The summed E-state index contributed by atoms with van der Waals surface area (Å²) in [6.07, 6.45) is 0.730. The maximum absolute atomic E-state index is 13.1. The molecule has 74 valence electrons. The molecule has 1 N–H and O–H groups in total. The first-order valence-corrected chi connectivity index (χ1v) is 5.13. The van der Waals surface area contributed by atoms with E-state index in [4.69, 9.17) is 0 Å². The van der Waals surface area contributed by atoms with E-state index in [0.29, 0.717) is 16.9 Å². The fraction of sp³-hybridized carbons (Fsp3) is 0. The zero-order valence-electron chi connectivity index (χ0n) is 7.44. The average molecular weight is 220 g/mol. The van der Waals surface area contributed by atoms with Crippen LogP contribution in [0.5, 0.6) is 0 Å². The van der Waals surface area contributed by atoms with Crippen molar-refractivity contribution in [2.45, 2.75) is 0 Å². The molecular weight excluding hydrogens is 215 g/mol. The van der Waals surface area contributed by atoms with Crippen LogP contribution in [-0.2, 0) is 0 Å². The highest BCUT2D eigenvalue weighted by Gasteiger charge is 2.11. The smallest absolute Gasteiger partial charge is 0.311 e. The molecule has 3 aromatic heterocycles. The predicted octanol–water partition coefficient (Wildman–Crippen LogP) is 2.22. The molecule has 3 aromatic rings. The third kappa shape index (κ3) is 1.30. The van der Waals surface area contributed by atoms with Crippen molar-refractivity contribution in [3.8, 4) is 10.6 Å². The second-order valence-corrected chi connectivity index (χ2v) is 3.87. The Morgan fingerprint density at radius 1 is 1.33 bits per heavy atom. The monoisotopic (exact) mass is 220 g/mol. The minimum atomic E-state index is -0.752. The Morgan fingerprint density at radius 2 is 2.27 bits per heavy atom. The number of hydrogen-bond acceptors (Lipinski definition) is 4. The lowest BCUT2D eigenvalue weighted by atomic mass is 10.3. The van der Waals surface area contributed by atoms with Crippen molar-refractivity contribution >= 4 is 22.5 Å². The Bertz CT molecular complexity index is 602. The van der Waals surface area contributed by atoms with E-state index in [1.54, 1.807) is 0 Å². The summed E-state index contributed by atoms with van der Waals surface area (Å²) in [5, 5.41) is 1.91. The van der Waals surface area contributed by atoms with Gasteiger partial charge in [0.2, 0.25) is 0 Å². The van der Waals surface area contributed by atoms with Crippen LogP contribution < -0.4 is 0 Å². The molecule has 0 aliphatic rings. The highest BCUT2D eigenvalue weighted by Crippen LogP contribution is 2.27. The van der Waals surface area contributed by atoms with Gasteiger partial charge in [-0.1, -0.05) is 6.07 Å². The third-order valence-corrected chi connectivity index (χ3v) is 2.89. The van der Waals surface area contributed by atoms with Crippen LogP contribution in [0, 0.1) is 6.08 Å². The molecule has 0 aromatic carbocycles.